The van der Waals surface area contributed by atoms with Gasteiger partial charge in [-0.05, 0) is 91.9 Å². The van der Waals surface area contributed by atoms with Crippen LogP contribution in [0.3, 0.4) is 0 Å². The molecule has 0 aliphatic heterocycles. The molecule has 12 heteroatoms. The Morgan fingerprint density at radius 1 is 0.824 bits per heavy atom. The van der Waals surface area contributed by atoms with Gasteiger partial charge in [0.15, 0.2) is 0 Å². The zero-order chi connectivity index (χ0) is 36.5. The predicted octanol–water partition coefficient (Wildman–Crippen LogP) is 4.18. The Balaban J connectivity index is 1.03. The van der Waals surface area contributed by atoms with Gasteiger partial charge in [-0.2, -0.15) is 0 Å². The van der Waals surface area contributed by atoms with Gasteiger partial charge < -0.3 is 25.6 Å². The zero-order valence-corrected chi connectivity index (χ0v) is 29.8. The third kappa shape index (κ3) is 10.4. The summed E-state index contributed by atoms with van der Waals surface area (Å²) in [7, 11) is -3.77. The maximum atomic E-state index is 12.8. The summed E-state index contributed by atoms with van der Waals surface area (Å²) in [5.41, 5.74) is 7.01. The number of carbonyl (C=O) groups excluding carboxylic acids is 2. The largest absolute Gasteiger partial charge is 0.387 e. The van der Waals surface area contributed by atoms with Crippen LogP contribution in [0.15, 0.2) is 108 Å². The average molecular weight is 709 g/mol. The van der Waals surface area contributed by atoms with Crippen molar-refractivity contribution in [3.05, 3.63) is 148 Å². The minimum absolute atomic E-state index is 0.00994. The van der Waals surface area contributed by atoms with Crippen molar-refractivity contribution in [1.82, 2.24) is 25.5 Å². The van der Waals surface area contributed by atoms with Crippen LogP contribution in [0.5, 0.6) is 0 Å². The van der Waals surface area contributed by atoms with E-state index >= 15 is 0 Å². The van der Waals surface area contributed by atoms with Gasteiger partial charge in [0, 0.05) is 54.4 Å². The van der Waals surface area contributed by atoms with Crippen LogP contribution in [0.1, 0.15) is 62.6 Å². The second-order valence-electron chi connectivity index (χ2n) is 12.8. The number of carbonyl (C=O) groups is 2. The first-order valence-corrected chi connectivity index (χ1v) is 18.3. The third-order valence-electron chi connectivity index (χ3n) is 8.62. The molecule has 1 unspecified atom stereocenters. The molecule has 2 heterocycles. The smallest absolute Gasteiger partial charge is 0.251 e. The van der Waals surface area contributed by atoms with E-state index in [0.717, 1.165) is 51.4 Å². The number of pyridine rings is 1. The number of aliphatic hydroxyl groups is 1. The maximum Gasteiger partial charge on any atom is 0.251 e. The number of aromatic nitrogens is 2. The van der Waals surface area contributed by atoms with Gasteiger partial charge in [0.05, 0.1) is 17.4 Å². The van der Waals surface area contributed by atoms with E-state index in [-0.39, 0.29) is 35.7 Å². The standard InChI is InChI=1S/C39H44N6O5S/c1-26(41-25-36(46)34-15-18-37(42-24-34)45-27(2)7-8-28(45)3)19-31-5-4-6-32(20-31)21-38(47)43-22-29-9-13-33(14-10-29)39(48)44-23-30-11-16-35(17-12-30)51(40,49)50/h4-18,20,24,26,36,41,46H,19,21-23,25H2,1-3H3,(H,43,47)(H,44,48)(H2,40,49,50)/t26?,36-/m1/s1. The summed E-state index contributed by atoms with van der Waals surface area (Å²) < 4.78 is 24.9. The molecule has 5 aromatic rings. The monoisotopic (exact) mass is 708 g/mol. The van der Waals surface area contributed by atoms with Crippen LogP contribution < -0.4 is 21.1 Å². The number of amides is 2. The number of nitrogens with one attached hydrogen (secondary N) is 3. The first-order chi connectivity index (χ1) is 24.4. The summed E-state index contributed by atoms with van der Waals surface area (Å²) in [6.07, 6.45) is 2.00. The van der Waals surface area contributed by atoms with Crippen molar-refractivity contribution in [3.8, 4) is 5.82 Å². The molecule has 0 spiro atoms. The zero-order valence-electron chi connectivity index (χ0n) is 29.0. The lowest BCUT2D eigenvalue weighted by Gasteiger charge is -2.18. The van der Waals surface area contributed by atoms with Gasteiger partial charge >= 0.3 is 0 Å². The minimum atomic E-state index is -3.77. The molecule has 2 amide bonds. The van der Waals surface area contributed by atoms with Crippen LogP contribution in [0.4, 0.5) is 0 Å². The molecule has 0 bridgehead atoms. The predicted molar refractivity (Wildman–Crippen MR) is 197 cm³/mol. The number of aliphatic hydroxyl groups excluding tert-OH is 1. The van der Waals surface area contributed by atoms with E-state index in [4.69, 9.17) is 5.14 Å². The van der Waals surface area contributed by atoms with Crippen LogP contribution >= 0.6 is 0 Å². The second kappa shape index (κ2) is 16.7. The molecule has 0 aliphatic rings. The fourth-order valence-corrected chi connectivity index (χ4v) is 6.30. The molecule has 0 saturated carbocycles. The summed E-state index contributed by atoms with van der Waals surface area (Å²) in [6.45, 7) is 7.08. The van der Waals surface area contributed by atoms with Crippen LogP contribution in [0, 0.1) is 13.8 Å². The van der Waals surface area contributed by atoms with Gasteiger partial charge in [0.2, 0.25) is 15.9 Å². The molecule has 2 aromatic heterocycles. The number of rotatable bonds is 15. The van der Waals surface area contributed by atoms with E-state index in [0.29, 0.717) is 18.7 Å². The molecule has 0 saturated heterocycles. The van der Waals surface area contributed by atoms with Crippen LogP contribution in [-0.4, -0.2) is 47.5 Å². The highest BCUT2D eigenvalue weighted by atomic mass is 32.2. The van der Waals surface area contributed by atoms with E-state index in [1.165, 1.54) is 12.1 Å². The van der Waals surface area contributed by atoms with Crippen molar-refractivity contribution in [2.24, 2.45) is 5.14 Å². The third-order valence-corrected chi connectivity index (χ3v) is 9.55. The number of hydrogen-bond acceptors (Lipinski definition) is 7. The molecular formula is C39H44N6O5S. The molecule has 6 N–H and O–H groups in total. The first-order valence-electron chi connectivity index (χ1n) is 16.7. The van der Waals surface area contributed by atoms with Crippen molar-refractivity contribution in [2.75, 3.05) is 6.54 Å². The molecule has 266 valence electrons. The summed E-state index contributed by atoms with van der Waals surface area (Å²) in [6, 6.07) is 28.9. The van der Waals surface area contributed by atoms with Crippen LogP contribution in [0.2, 0.25) is 0 Å². The fourth-order valence-electron chi connectivity index (χ4n) is 5.78. The Hall–Kier alpha value is -5.14. The van der Waals surface area contributed by atoms with Gasteiger partial charge in [-0.15, -0.1) is 0 Å². The van der Waals surface area contributed by atoms with Crippen molar-refractivity contribution in [3.63, 3.8) is 0 Å². The Morgan fingerprint density at radius 3 is 2.08 bits per heavy atom. The summed E-state index contributed by atoms with van der Waals surface area (Å²) in [5, 5.41) is 25.1. The molecule has 11 nitrogen and oxygen atoms in total. The van der Waals surface area contributed by atoms with Gasteiger partial charge in [-0.25, -0.2) is 18.5 Å². The van der Waals surface area contributed by atoms with E-state index in [1.54, 1.807) is 42.6 Å². The summed E-state index contributed by atoms with van der Waals surface area (Å²) in [5.74, 6) is 0.437. The molecule has 0 radical (unpaired) electrons. The Kier molecular flexibility index (Phi) is 12.2. The highest BCUT2D eigenvalue weighted by molar-refractivity contribution is 7.89. The Morgan fingerprint density at radius 2 is 1.45 bits per heavy atom. The molecule has 5 rings (SSSR count). The molecule has 2 atom stereocenters. The highest BCUT2D eigenvalue weighted by Crippen LogP contribution is 2.18. The van der Waals surface area contributed by atoms with Crippen molar-refractivity contribution in [1.29, 1.82) is 0 Å². The topological polar surface area (TPSA) is 168 Å². The summed E-state index contributed by atoms with van der Waals surface area (Å²) >= 11 is 0. The molecule has 3 aromatic carbocycles. The summed E-state index contributed by atoms with van der Waals surface area (Å²) in [4.78, 5) is 29.9. The molecule has 0 aliphatic carbocycles. The number of hydrogen-bond donors (Lipinski definition) is 5. The lowest BCUT2D eigenvalue weighted by molar-refractivity contribution is -0.120. The first kappa shape index (κ1) is 37.1. The van der Waals surface area contributed by atoms with Crippen LogP contribution in [0.25, 0.3) is 5.82 Å². The van der Waals surface area contributed by atoms with Crippen LogP contribution in [-0.2, 0) is 40.7 Å². The fraction of sp³-hybridized carbons (Fsp3) is 0.256. The van der Waals surface area contributed by atoms with E-state index < -0.39 is 16.1 Å². The van der Waals surface area contributed by atoms with Crippen molar-refractivity contribution in [2.45, 2.75) is 63.7 Å². The Labute approximate surface area is 299 Å². The van der Waals surface area contributed by atoms with Gasteiger partial charge in [-0.1, -0.05) is 54.6 Å². The number of sulfonamides is 1. The van der Waals surface area contributed by atoms with Gasteiger partial charge in [0.25, 0.3) is 5.91 Å². The van der Waals surface area contributed by atoms with Crippen molar-refractivity contribution < 1.29 is 23.1 Å². The maximum absolute atomic E-state index is 12.8. The normalized spacial score (nSPS) is 12.6. The van der Waals surface area contributed by atoms with E-state index in [1.807, 2.05) is 50.2 Å². The van der Waals surface area contributed by atoms with Gasteiger partial charge in [0.1, 0.15) is 5.82 Å². The lowest BCUT2D eigenvalue weighted by atomic mass is 10.0. The molecule has 0 fully saturated rings. The lowest BCUT2D eigenvalue weighted by Crippen LogP contribution is -2.32. The number of benzene rings is 3. The van der Waals surface area contributed by atoms with E-state index in [9.17, 15) is 23.1 Å². The van der Waals surface area contributed by atoms with E-state index in [2.05, 4.69) is 44.6 Å². The SMILES string of the molecule is Cc1ccc(C)n1-c1ccc([C@H](O)CNC(C)Cc2cccc(CC(=O)NCc3ccc(C(=O)NCc4ccc(S(N)(=O)=O)cc4)cc3)c2)cn1. The van der Waals surface area contributed by atoms with Gasteiger partial charge in [-0.3, -0.25) is 9.59 Å². The number of primary sulfonamides is 1. The molecule has 51 heavy (non-hydrogen) atoms. The number of nitrogens with zero attached hydrogens (tertiary/aromatic N) is 2. The Bertz CT molecular complexity index is 2040. The number of aryl methyl sites for hydroxylation is 2. The highest BCUT2D eigenvalue weighted by Gasteiger charge is 2.14. The quantitative estimate of drug-likeness (QED) is 0.109. The number of nitrogens with two attached hydrogens (primary N) is 1. The minimum Gasteiger partial charge on any atom is -0.387 e. The average Bonchev–Trinajstić information content (AvgIpc) is 3.45. The second-order valence-corrected chi connectivity index (χ2v) is 14.3. The van der Waals surface area contributed by atoms with Crippen molar-refractivity contribution >= 4 is 21.8 Å². The molecular weight excluding hydrogens is 665 g/mol.